The van der Waals surface area contributed by atoms with Gasteiger partial charge in [0.1, 0.15) is 17.1 Å². The van der Waals surface area contributed by atoms with Gasteiger partial charge in [-0.15, -0.1) is 13.2 Å². The summed E-state index contributed by atoms with van der Waals surface area (Å²) >= 11 is 0. The van der Waals surface area contributed by atoms with E-state index in [1.165, 1.54) is 12.1 Å². The molecule has 0 radical (unpaired) electrons. The van der Waals surface area contributed by atoms with Crippen LogP contribution in [-0.2, 0) is 13.0 Å². The largest absolute Gasteiger partial charge is 0.573 e. The molecule has 0 aliphatic rings. The van der Waals surface area contributed by atoms with Gasteiger partial charge in [-0.1, -0.05) is 49.4 Å². The van der Waals surface area contributed by atoms with E-state index in [1.54, 1.807) is 12.1 Å². The summed E-state index contributed by atoms with van der Waals surface area (Å²) in [5, 5.41) is 2.95. The van der Waals surface area contributed by atoms with Crippen LogP contribution in [0.15, 0.2) is 66.9 Å². The number of pyridine rings is 1. The number of nitrogens with one attached hydrogen (secondary N) is 1. The first-order valence-corrected chi connectivity index (χ1v) is 10.4. The van der Waals surface area contributed by atoms with Gasteiger partial charge in [-0.3, -0.25) is 9.20 Å². The lowest BCUT2D eigenvalue weighted by molar-refractivity contribution is -0.274. The van der Waals surface area contributed by atoms with E-state index < -0.39 is 6.36 Å². The first-order chi connectivity index (χ1) is 15.7. The Bertz CT molecular complexity index is 1280. The van der Waals surface area contributed by atoms with E-state index in [-0.39, 0.29) is 11.7 Å². The van der Waals surface area contributed by atoms with Crippen molar-refractivity contribution in [2.75, 3.05) is 0 Å². The zero-order chi connectivity index (χ0) is 23.6. The highest BCUT2D eigenvalue weighted by Gasteiger charge is 2.31. The summed E-state index contributed by atoms with van der Waals surface area (Å²) in [4.78, 5) is 17.5. The summed E-state index contributed by atoms with van der Waals surface area (Å²) in [5.74, 6) is -0.464. The zero-order valence-electron chi connectivity index (χ0n) is 18.1. The van der Waals surface area contributed by atoms with Crippen LogP contribution in [0.25, 0.3) is 16.8 Å². The fourth-order valence-electron chi connectivity index (χ4n) is 3.62. The molecule has 0 aliphatic carbocycles. The summed E-state index contributed by atoms with van der Waals surface area (Å²) < 4.78 is 42.6. The van der Waals surface area contributed by atoms with Crippen molar-refractivity contribution in [1.82, 2.24) is 14.7 Å². The average molecular weight is 453 g/mol. The van der Waals surface area contributed by atoms with Gasteiger partial charge in [0, 0.05) is 12.7 Å². The predicted octanol–water partition coefficient (Wildman–Crippen LogP) is 5.70. The number of hydrogen-bond acceptors (Lipinski definition) is 3. The molecule has 0 atom stereocenters. The number of carbonyl (C=O) groups is 1. The summed E-state index contributed by atoms with van der Waals surface area (Å²) in [6.45, 7) is 4.26. The molecule has 0 saturated carbocycles. The lowest BCUT2D eigenvalue weighted by Gasteiger charge is -2.10. The topological polar surface area (TPSA) is 55.6 Å². The Labute approximate surface area is 188 Å². The first kappa shape index (κ1) is 22.4. The number of aryl methyl sites for hydroxylation is 2. The molecule has 0 bridgehead atoms. The maximum Gasteiger partial charge on any atom is 0.573 e. The van der Waals surface area contributed by atoms with Crippen molar-refractivity contribution in [3.8, 4) is 16.9 Å². The fraction of sp³-hybridized carbons (Fsp3) is 0.200. The molecule has 8 heteroatoms. The van der Waals surface area contributed by atoms with Crippen LogP contribution in [0.3, 0.4) is 0 Å². The maximum atomic E-state index is 12.9. The fourth-order valence-corrected chi connectivity index (χ4v) is 3.62. The predicted molar refractivity (Wildman–Crippen MR) is 119 cm³/mol. The second-order valence-corrected chi connectivity index (χ2v) is 7.65. The van der Waals surface area contributed by atoms with Crippen LogP contribution in [0.5, 0.6) is 5.75 Å². The van der Waals surface area contributed by atoms with Gasteiger partial charge >= 0.3 is 6.36 Å². The average Bonchev–Trinajstić information content (AvgIpc) is 3.15. The Morgan fingerprint density at radius 2 is 1.64 bits per heavy atom. The van der Waals surface area contributed by atoms with E-state index in [0.717, 1.165) is 33.6 Å². The highest BCUT2D eigenvalue weighted by atomic mass is 19.4. The van der Waals surface area contributed by atoms with Gasteiger partial charge < -0.3 is 10.1 Å². The monoisotopic (exact) mass is 453 g/mol. The van der Waals surface area contributed by atoms with Crippen molar-refractivity contribution in [3.63, 3.8) is 0 Å². The minimum atomic E-state index is -4.71. The quantitative estimate of drug-likeness (QED) is 0.407. The first-order valence-electron chi connectivity index (χ1n) is 10.4. The number of aromatic nitrogens is 2. The molecule has 0 aliphatic heterocycles. The molecule has 2 aromatic heterocycles. The number of amides is 1. The molecule has 0 fully saturated rings. The number of nitrogens with zero attached hydrogens (tertiary/aromatic N) is 2. The number of alkyl halides is 3. The van der Waals surface area contributed by atoms with E-state index in [2.05, 4.69) is 15.0 Å². The van der Waals surface area contributed by atoms with Crippen molar-refractivity contribution >= 4 is 11.6 Å². The van der Waals surface area contributed by atoms with Crippen molar-refractivity contribution in [3.05, 3.63) is 89.4 Å². The highest BCUT2D eigenvalue weighted by molar-refractivity contribution is 5.94. The van der Waals surface area contributed by atoms with E-state index in [9.17, 15) is 18.0 Å². The number of benzene rings is 2. The van der Waals surface area contributed by atoms with Crippen LogP contribution in [0.2, 0.25) is 0 Å². The molecule has 33 heavy (non-hydrogen) atoms. The summed E-state index contributed by atoms with van der Waals surface area (Å²) in [6.07, 6.45) is -2.17. The van der Waals surface area contributed by atoms with E-state index in [0.29, 0.717) is 18.7 Å². The molecule has 170 valence electrons. The summed E-state index contributed by atoms with van der Waals surface area (Å²) in [6, 6.07) is 17.0. The second-order valence-electron chi connectivity index (χ2n) is 7.65. The minimum Gasteiger partial charge on any atom is -0.406 e. The molecule has 4 aromatic rings. The molecular formula is C25H22F3N3O2. The van der Waals surface area contributed by atoms with Crippen LogP contribution >= 0.6 is 0 Å². The Balaban J connectivity index is 1.44. The van der Waals surface area contributed by atoms with Crippen molar-refractivity contribution in [1.29, 1.82) is 0 Å². The number of ether oxygens (including phenoxy) is 1. The van der Waals surface area contributed by atoms with Gasteiger partial charge in [0.05, 0.1) is 5.69 Å². The number of halogens is 3. The zero-order valence-corrected chi connectivity index (χ0v) is 18.1. The van der Waals surface area contributed by atoms with Crippen molar-refractivity contribution < 1.29 is 22.7 Å². The Morgan fingerprint density at radius 3 is 2.24 bits per heavy atom. The standard InChI is InChI=1S/C25H22F3N3O2/c1-3-21-23(31-15-16(2)4-13-22(31)30-21)24(32)29-14-17-5-7-18(8-6-17)19-9-11-20(12-10-19)33-25(26,27)28/h4-13,15H,3,14H2,1-2H3,(H,29,32). The molecule has 0 spiro atoms. The number of imidazole rings is 1. The smallest absolute Gasteiger partial charge is 0.406 e. The van der Waals surface area contributed by atoms with Gasteiger partial charge in [-0.05, 0) is 53.8 Å². The third-order valence-electron chi connectivity index (χ3n) is 5.22. The van der Waals surface area contributed by atoms with Crippen LogP contribution in [0.4, 0.5) is 13.2 Å². The Kier molecular flexibility index (Phi) is 6.09. The molecule has 2 heterocycles. The van der Waals surface area contributed by atoms with E-state index >= 15 is 0 Å². The van der Waals surface area contributed by atoms with E-state index in [1.807, 2.05) is 60.8 Å². The van der Waals surface area contributed by atoms with Gasteiger partial charge in [-0.25, -0.2) is 4.98 Å². The second kappa shape index (κ2) is 8.97. The molecular weight excluding hydrogens is 431 g/mol. The SMILES string of the molecule is CCc1nc2ccc(C)cn2c1C(=O)NCc1ccc(-c2ccc(OC(F)(F)F)cc2)cc1. The maximum absolute atomic E-state index is 12.9. The number of rotatable bonds is 6. The third-order valence-corrected chi connectivity index (χ3v) is 5.22. The highest BCUT2D eigenvalue weighted by Crippen LogP contribution is 2.26. The molecule has 2 aromatic carbocycles. The normalized spacial score (nSPS) is 11.5. The van der Waals surface area contributed by atoms with Crippen LogP contribution < -0.4 is 10.1 Å². The van der Waals surface area contributed by atoms with E-state index in [4.69, 9.17) is 0 Å². The summed E-state index contributed by atoms with van der Waals surface area (Å²) in [7, 11) is 0. The molecule has 0 unspecified atom stereocenters. The molecule has 1 amide bonds. The van der Waals surface area contributed by atoms with Crippen molar-refractivity contribution in [2.45, 2.75) is 33.2 Å². The third kappa shape index (κ3) is 5.16. The Hall–Kier alpha value is -3.81. The van der Waals surface area contributed by atoms with Gasteiger partial charge in [0.25, 0.3) is 5.91 Å². The van der Waals surface area contributed by atoms with Crippen molar-refractivity contribution in [2.24, 2.45) is 0 Å². The lowest BCUT2D eigenvalue weighted by atomic mass is 10.0. The molecule has 5 nitrogen and oxygen atoms in total. The number of carbonyl (C=O) groups excluding carboxylic acids is 1. The lowest BCUT2D eigenvalue weighted by Crippen LogP contribution is -2.25. The molecule has 0 saturated heterocycles. The number of fused-ring (bicyclic) bond motifs is 1. The van der Waals surface area contributed by atoms with Gasteiger partial charge in [-0.2, -0.15) is 0 Å². The Morgan fingerprint density at radius 1 is 1.00 bits per heavy atom. The van der Waals surface area contributed by atoms with Crippen LogP contribution in [0.1, 0.15) is 34.2 Å². The summed E-state index contributed by atoms with van der Waals surface area (Å²) in [5.41, 5.74) is 5.54. The molecule has 4 rings (SSSR count). The number of hydrogen-bond donors (Lipinski definition) is 1. The van der Waals surface area contributed by atoms with Gasteiger partial charge in [0.2, 0.25) is 0 Å². The van der Waals surface area contributed by atoms with Crippen LogP contribution in [0, 0.1) is 6.92 Å². The van der Waals surface area contributed by atoms with Gasteiger partial charge in [0.15, 0.2) is 0 Å². The van der Waals surface area contributed by atoms with Crippen LogP contribution in [-0.4, -0.2) is 21.7 Å². The minimum absolute atomic E-state index is 0.200. The molecule has 1 N–H and O–H groups in total.